The van der Waals surface area contributed by atoms with Crippen molar-refractivity contribution in [2.75, 3.05) is 25.9 Å². The molecule has 2 heterocycles. The zero-order valence-corrected chi connectivity index (χ0v) is 20.3. The lowest BCUT2D eigenvalue weighted by atomic mass is 9.90. The summed E-state index contributed by atoms with van der Waals surface area (Å²) in [5, 5.41) is 6.64. The van der Waals surface area contributed by atoms with Gasteiger partial charge in [-0.2, -0.15) is 17.8 Å². The Morgan fingerprint density at radius 1 is 1.09 bits per heavy atom. The molecule has 1 unspecified atom stereocenters. The fourth-order valence-electron chi connectivity index (χ4n) is 4.01. The van der Waals surface area contributed by atoms with Gasteiger partial charge in [0.1, 0.15) is 11.6 Å². The molecule has 2 aromatic rings. The maximum Gasteiger partial charge on any atom is 0.324 e. The van der Waals surface area contributed by atoms with Gasteiger partial charge in [0, 0.05) is 23.7 Å². The van der Waals surface area contributed by atoms with Crippen molar-refractivity contribution in [3.8, 4) is 0 Å². The number of halogens is 3. The SMILES string of the molecule is CS/C(=N\S(=O)(=O)N1CCCCC1)N1CC(c2c(F)cccc2F)C(c2ccc(Cl)cc2)=N1. The molecule has 1 atom stereocenters. The lowest BCUT2D eigenvalue weighted by Crippen LogP contribution is -2.36. The third kappa shape index (κ3) is 5.24. The maximum atomic E-state index is 14.7. The molecule has 1 fully saturated rings. The molecule has 11 heteroatoms. The van der Waals surface area contributed by atoms with Crippen molar-refractivity contribution in [3.05, 3.63) is 70.2 Å². The van der Waals surface area contributed by atoms with Crippen molar-refractivity contribution in [3.63, 3.8) is 0 Å². The van der Waals surface area contributed by atoms with Crippen LogP contribution in [0, 0.1) is 11.6 Å². The molecule has 176 valence electrons. The Labute approximate surface area is 201 Å². The molecule has 0 spiro atoms. The van der Waals surface area contributed by atoms with Gasteiger partial charge in [-0.1, -0.05) is 48.0 Å². The van der Waals surface area contributed by atoms with Gasteiger partial charge in [0.05, 0.1) is 18.2 Å². The Morgan fingerprint density at radius 3 is 2.33 bits per heavy atom. The second-order valence-electron chi connectivity index (χ2n) is 7.78. The van der Waals surface area contributed by atoms with Gasteiger partial charge in [0.25, 0.3) is 0 Å². The highest BCUT2D eigenvalue weighted by atomic mass is 35.5. The Morgan fingerprint density at radius 2 is 1.73 bits per heavy atom. The molecule has 0 bridgehead atoms. The first-order valence-corrected chi connectivity index (χ1v) is 13.5. The zero-order valence-electron chi connectivity index (χ0n) is 17.9. The van der Waals surface area contributed by atoms with Crippen molar-refractivity contribution in [2.45, 2.75) is 25.2 Å². The molecule has 33 heavy (non-hydrogen) atoms. The molecule has 0 saturated carbocycles. The second kappa shape index (κ2) is 10.1. The van der Waals surface area contributed by atoms with E-state index in [1.165, 1.54) is 27.5 Å². The standard InChI is InChI=1S/C22H23ClF2N4O2S2/c1-32-22(27-33(30,31)28-12-3-2-4-13-28)29-14-17(20-18(24)6-5-7-19(20)25)21(26-29)15-8-10-16(23)11-9-15/h5-11,17H,2-4,12-14H2,1H3/b27-22-. The zero-order chi connectivity index (χ0) is 23.6. The molecule has 0 aromatic heterocycles. The lowest BCUT2D eigenvalue weighted by molar-refractivity contribution is 0.347. The van der Waals surface area contributed by atoms with E-state index in [-0.39, 0.29) is 17.3 Å². The van der Waals surface area contributed by atoms with Crippen molar-refractivity contribution in [1.82, 2.24) is 9.31 Å². The summed E-state index contributed by atoms with van der Waals surface area (Å²) in [6.45, 7) is 0.900. The summed E-state index contributed by atoms with van der Waals surface area (Å²) in [5.41, 5.74) is 0.926. The van der Waals surface area contributed by atoms with E-state index in [2.05, 4.69) is 9.50 Å². The van der Waals surface area contributed by atoms with Gasteiger partial charge in [-0.25, -0.2) is 13.8 Å². The maximum absolute atomic E-state index is 14.7. The smallest absolute Gasteiger partial charge is 0.240 e. The van der Waals surface area contributed by atoms with E-state index in [1.807, 2.05) is 0 Å². The number of rotatable bonds is 4. The van der Waals surface area contributed by atoms with Gasteiger partial charge >= 0.3 is 10.2 Å². The lowest BCUT2D eigenvalue weighted by Gasteiger charge is -2.24. The second-order valence-corrected chi connectivity index (χ2v) is 10.6. The molecule has 0 amide bonds. The van der Waals surface area contributed by atoms with Gasteiger partial charge in [0.15, 0.2) is 5.17 Å². The van der Waals surface area contributed by atoms with Crippen LogP contribution in [-0.2, 0) is 10.2 Å². The number of benzene rings is 2. The Hall–Kier alpha value is -2.01. The Bertz CT molecular complexity index is 1160. The van der Waals surface area contributed by atoms with E-state index in [0.717, 1.165) is 31.0 Å². The monoisotopic (exact) mass is 512 g/mol. The minimum Gasteiger partial charge on any atom is -0.240 e. The third-order valence-corrected chi connectivity index (χ3v) is 8.10. The van der Waals surface area contributed by atoms with Gasteiger partial charge in [-0.15, -0.1) is 4.40 Å². The number of hydrazone groups is 1. The van der Waals surface area contributed by atoms with Crippen LogP contribution in [0.25, 0.3) is 0 Å². The quantitative estimate of drug-likeness (QED) is 0.433. The molecule has 2 aromatic carbocycles. The molecular weight excluding hydrogens is 490 g/mol. The largest absolute Gasteiger partial charge is 0.324 e. The summed E-state index contributed by atoms with van der Waals surface area (Å²) >= 11 is 7.12. The average molecular weight is 513 g/mol. The van der Waals surface area contributed by atoms with E-state index in [4.69, 9.17) is 11.6 Å². The van der Waals surface area contributed by atoms with Crippen LogP contribution < -0.4 is 0 Å². The van der Waals surface area contributed by atoms with Crippen molar-refractivity contribution in [2.24, 2.45) is 9.50 Å². The van der Waals surface area contributed by atoms with E-state index in [1.54, 1.807) is 30.5 Å². The topological polar surface area (TPSA) is 65.3 Å². The minimum absolute atomic E-state index is 0.0466. The molecule has 0 radical (unpaired) electrons. The highest BCUT2D eigenvalue weighted by Crippen LogP contribution is 2.34. The average Bonchev–Trinajstić information content (AvgIpc) is 3.23. The first kappa shape index (κ1) is 24.1. The van der Waals surface area contributed by atoms with Gasteiger partial charge in [0.2, 0.25) is 0 Å². The van der Waals surface area contributed by atoms with Crippen molar-refractivity contribution >= 4 is 44.5 Å². The summed E-state index contributed by atoms with van der Waals surface area (Å²) in [6, 6.07) is 10.5. The summed E-state index contributed by atoms with van der Waals surface area (Å²) in [6.07, 6.45) is 4.27. The summed E-state index contributed by atoms with van der Waals surface area (Å²) in [7, 11) is -3.89. The normalized spacial score (nSPS) is 20.2. The molecule has 2 aliphatic heterocycles. The Balaban J connectivity index is 1.74. The van der Waals surface area contributed by atoms with E-state index >= 15 is 0 Å². The van der Waals surface area contributed by atoms with Crippen molar-refractivity contribution in [1.29, 1.82) is 0 Å². The van der Waals surface area contributed by atoms with Gasteiger partial charge < -0.3 is 0 Å². The summed E-state index contributed by atoms with van der Waals surface area (Å²) < 4.78 is 60.6. The molecule has 6 nitrogen and oxygen atoms in total. The van der Waals surface area contributed by atoms with Crippen LogP contribution >= 0.6 is 23.4 Å². The molecular formula is C22H23ClF2N4O2S2. The Kier molecular flexibility index (Phi) is 7.37. The molecule has 1 saturated heterocycles. The number of thioether (sulfide) groups is 1. The van der Waals surface area contributed by atoms with Crippen LogP contribution in [0.15, 0.2) is 52.0 Å². The fourth-order valence-corrected chi connectivity index (χ4v) is 6.17. The van der Waals surface area contributed by atoms with Crippen LogP contribution in [0.3, 0.4) is 0 Å². The number of piperidine rings is 1. The van der Waals surface area contributed by atoms with E-state index < -0.39 is 27.8 Å². The molecule has 4 rings (SSSR count). The third-order valence-electron chi connectivity index (χ3n) is 5.64. The number of nitrogens with zero attached hydrogens (tertiary/aromatic N) is 4. The predicted octanol–water partition coefficient (Wildman–Crippen LogP) is 4.87. The van der Waals surface area contributed by atoms with Crippen LogP contribution in [0.5, 0.6) is 0 Å². The first-order chi connectivity index (χ1) is 15.8. The first-order valence-electron chi connectivity index (χ1n) is 10.5. The molecule has 2 aliphatic rings. The van der Waals surface area contributed by atoms with Crippen LogP contribution in [0.2, 0.25) is 5.02 Å². The number of hydrogen-bond donors (Lipinski definition) is 0. The van der Waals surface area contributed by atoms with Crippen molar-refractivity contribution < 1.29 is 17.2 Å². The fraction of sp³-hybridized carbons (Fsp3) is 0.364. The molecule has 0 N–H and O–H groups in total. The summed E-state index contributed by atoms with van der Waals surface area (Å²) in [5.74, 6) is -2.14. The van der Waals surface area contributed by atoms with Gasteiger partial charge in [-0.3, -0.25) is 0 Å². The molecule has 0 aliphatic carbocycles. The number of hydrogen-bond acceptors (Lipinski definition) is 4. The minimum atomic E-state index is -3.89. The van der Waals surface area contributed by atoms with Crippen LogP contribution in [-0.4, -0.2) is 54.5 Å². The predicted molar refractivity (Wildman–Crippen MR) is 129 cm³/mol. The van der Waals surface area contributed by atoms with Gasteiger partial charge in [-0.05, 0) is 48.9 Å². The highest BCUT2D eigenvalue weighted by molar-refractivity contribution is 8.13. The highest BCUT2D eigenvalue weighted by Gasteiger charge is 2.36. The summed E-state index contributed by atoms with van der Waals surface area (Å²) in [4.78, 5) is 0. The number of amidine groups is 1. The van der Waals surface area contributed by atoms with E-state index in [0.29, 0.717) is 29.4 Å². The van der Waals surface area contributed by atoms with E-state index in [9.17, 15) is 17.2 Å². The van der Waals surface area contributed by atoms with Crippen LogP contribution in [0.4, 0.5) is 8.78 Å². The van der Waals surface area contributed by atoms with Crippen LogP contribution in [0.1, 0.15) is 36.3 Å².